The second-order valence-corrected chi connectivity index (χ2v) is 10.3. The van der Waals surface area contributed by atoms with Gasteiger partial charge in [-0.05, 0) is 43.7 Å². The molecule has 166 valence electrons. The number of amides is 1. The summed E-state index contributed by atoms with van der Waals surface area (Å²) in [6.45, 7) is 4.85. The molecule has 3 rings (SSSR count). The molecule has 0 aliphatic heterocycles. The molecule has 9 heteroatoms. The zero-order chi connectivity index (χ0) is 22.4. The topological polar surface area (TPSA) is 107 Å². The van der Waals surface area contributed by atoms with E-state index in [0.717, 1.165) is 35.6 Å². The van der Waals surface area contributed by atoms with Crippen molar-refractivity contribution in [2.24, 2.45) is 5.14 Å². The van der Waals surface area contributed by atoms with Gasteiger partial charge in [0, 0.05) is 12.2 Å². The number of carbonyl (C=O) groups excluding carboxylic acids is 1. The standard InChI is InChI=1S/C22H28N4O3S2/c1-3-4-5-8-14-26-20-13-7-6-12-19(20)25-22(26)30-16(2)21(27)24-17-10-9-11-18(15-17)31(23,28)29/h6-7,9-13,15-16H,3-5,8,14H2,1-2H3,(H,24,27)(H2,23,28,29). The Balaban J connectivity index is 1.75. The molecule has 3 N–H and O–H groups in total. The molecule has 7 nitrogen and oxygen atoms in total. The normalized spacial score (nSPS) is 12.7. The number of para-hydroxylation sites is 2. The van der Waals surface area contributed by atoms with Crippen LogP contribution < -0.4 is 10.5 Å². The van der Waals surface area contributed by atoms with E-state index in [0.29, 0.717) is 5.69 Å². The summed E-state index contributed by atoms with van der Waals surface area (Å²) in [6.07, 6.45) is 4.59. The molecule has 1 aromatic heterocycles. The molecule has 0 fully saturated rings. The predicted molar refractivity (Wildman–Crippen MR) is 126 cm³/mol. The van der Waals surface area contributed by atoms with Crippen molar-refractivity contribution in [3.8, 4) is 0 Å². The van der Waals surface area contributed by atoms with Crippen molar-refractivity contribution in [2.45, 2.75) is 61.4 Å². The summed E-state index contributed by atoms with van der Waals surface area (Å²) in [7, 11) is -3.83. The Morgan fingerprint density at radius 1 is 1.16 bits per heavy atom. The van der Waals surface area contributed by atoms with E-state index in [1.807, 2.05) is 25.1 Å². The first-order valence-corrected chi connectivity index (χ1v) is 12.8. The zero-order valence-corrected chi connectivity index (χ0v) is 19.4. The fraction of sp³-hybridized carbons (Fsp3) is 0.364. The number of nitrogens with two attached hydrogens (primary N) is 1. The minimum absolute atomic E-state index is 0.0421. The van der Waals surface area contributed by atoms with Crippen molar-refractivity contribution >= 4 is 44.4 Å². The summed E-state index contributed by atoms with van der Waals surface area (Å²) in [6, 6.07) is 13.9. The summed E-state index contributed by atoms with van der Waals surface area (Å²) >= 11 is 1.39. The van der Waals surface area contributed by atoms with Crippen LogP contribution in [-0.4, -0.2) is 29.1 Å². The van der Waals surface area contributed by atoms with Gasteiger partial charge in [0.2, 0.25) is 15.9 Å². The monoisotopic (exact) mass is 460 g/mol. The van der Waals surface area contributed by atoms with Gasteiger partial charge in [0.15, 0.2) is 5.16 Å². The minimum atomic E-state index is -3.83. The van der Waals surface area contributed by atoms with E-state index in [1.54, 1.807) is 12.1 Å². The first-order valence-electron chi connectivity index (χ1n) is 10.3. The Bertz CT molecular complexity index is 1160. The molecule has 0 spiro atoms. The SMILES string of the molecule is CCCCCCn1c(SC(C)C(=O)Nc2cccc(S(N)(=O)=O)c2)nc2ccccc21. The van der Waals surface area contributed by atoms with E-state index in [9.17, 15) is 13.2 Å². The van der Waals surface area contributed by atoms with Gasteiger partial charge in [-0.15, -0.1) is 0 Å². The van der Waals surface area contributed by atoms with Crippen molar-refractivity contribution < 1.29 is 13.2 Å². The van der Waals surface area contributed by atoms with E-state index in [1.165, 1.54) is 36.7 Å². The largest absolute Gasteiger partial charge is 0.325 e. The molecule has 2 aromatic carbocycles. The molecule has 1 atom stereocenters. The maximum absolute atomic E-state index is 12.8. The van der Waals surface area contributed by atoms with Gasteiger partial charge in [0.1, 0.15) is 0 Å². The number of hydrogen-bond donors (Lipinski definition) is 2. The van der Waals surface area contributed by atoms with Gasteiger partial charge in [-0.3, -0.25) is 4.79 Å². The molecule has 0 aliphatic rings. The van der Waals surface area contributed by atoms with Crippen molar-refractivity contribution in [2.75, 3.05) is 5.32 Å². The number of unbranched alkanes of at least 4 members (excludes halogenated alkanes) is 3. The lowest BCUT2D eigenvalue weighted by Crippen LogP contribution is -2.23. The highest BCUT2D eigenvalue weighted by atomic mass is 32.2. The van der Waals surface area contributed by atoms with E-state index < -0.39 is 15.3 Å². The number of carbonyl (C=O) groups is 1. The van der Waals surface area contributed by atoms with E-state index >= 15 is 0 Å². The number of anilines is 1. The van der Waals surface area contributed by atoms with E-state index in [4.69, 9.17) is 10.1 Å². The lowest BCUT2D eigenvalue weighted by atomic mass is 10.2. The fourth-order valence-electron chi connectivity index (χ4n) is 3.26. The van der Waals surface area contributed by atoms with Crippen LogP contribution in [0.1, 0.15) is 39.5 Å². The van der Waals surface area contributed by atoms with Crippen LogP contribution in [0.4, 0.5) is 5.69 Å². The Hall–Kier alpha value is -2.36. The third kappa shape index (κ3) is 6.09. The molecule has 0 saturated heterocycles. The highest BCUT2D eigenvalue weighted by Crippen LogP contribution is 2.28. The molecule has 0 saturated carbocycles. The molecule has 0 bridgehead atoms. The lowest BCUT2D eigenvalue weighted by molar-refractivity contribution is -0.115. The molecular weight excluding hydrogens is 432 g/mol. The number of hydrogen-bond acceptors (Lipinski definition) is 5. The van der Waals surface area contributed by atoms with Crippen LogP contribution in [-0.2, 0) is 21.4 Å². The van der Waals surface area contributed by atoms with Crippen molar-refractivity contribution in [1.82, 2.24) is 9.55 Å². The number of benzene rings is 2. The number of rotatable bonds is 10. The Morgan fingerprint density at radius 2 is 1.94 bits per heavy atom. The number of nitrogens with one attached hydrogen (secondary N) is 1. The van der Waals surface area contributed by atoms with Crippen LogP contribution in [0.2, 0.25) is 0 Å². The van der Waals surface area contributed by atoms with Gasteiger partial charge in [-0.2, -0.15) is 0 Å². The van der Waals surface area contributed by atoms with Gasteiger partial charge in [0.25, 0.3) is 0 Å². The Labute approximate surface area is 187 Å². The molecule has 1 heterocycles. The van der Waals surface area contributed by atoms with Crippen LogP contribution >= 0.6 is 11.8 Å². The zero-order valence-electron chi connectivity index (χ0n) is 17.7. The second-order valence-electron chi connectivity index (χ2n) is 7.42. The van der Waals surface area contributed by atoms with Crippen LogP contribution in [0, 0.1) is 0 Å². The van der Waals surface area contributed by atoms with Crippen LogP contribution in [0.3, 0.4) is 0 Å². The number of aryl methyl sites for hydroxylation is 1. The van der Waals surface area contributed by atoms with Gasteiger partial charge in [-0.1, -0.05) is 56.1 Å². The number of thioether (sulfide) groups is 1. The number of fused-ring (bicyclic) bond motifs is 1. The van der Waals surface area contributed by atoms with E-state index in [2.05, 4.69) is 22.9 Å². The van der Waals surface area contributed by atoms with Crippen molar-refractivity contribution in [1.29, 1.82) is 0 Å². The highest BCUT2D eigenvalue weighted by molar-refractivity contribution is 8.00. The first-order chi connectivity index (χ1) is 14.8. The Morgan fingerprint density at radius 3 is 2.68 bits per heavy atom. The fourth-order valence-corrected chi connectivity index (χ4v) is 4.77. The average Bonchev–Trinajstić information content (AvgIpc) is 3.07. The number of primary sulfonamides is 1. The van der Waals surface area contributed by atoms with Gasteiger partial charge in [0.05, 0.1) is 21.2 Å². The summed E-state index contributed by atoms with van der Waals surface area (Å²) < 4.78 is 25.3. The number of aromatic nitrogens is 2. The van der Waals surface area contributed by atoms with Crippen molar-refractivity contribution in [3.63, 3.8) is 0 Å². The summed E-state index contributed by atoms with van der Waals surface area (Å²) in [5, 5.41) is 8.32. The number of sulfonamides is 1. The molecule has 0 radical (unpaired) electrons. The first kappa shape index (κ1) is 23.3. The maximum atomic E-state index is 12.8. The average molecular weight is 461 g/mol. The highest BCUT2D eigenvalue weighted by Gasteiger charge is 2.20. The number of nitrogens with zero attached hydrogens (tertiary/aromatic N) is 2. The third-order valence-electron chi connectivity index (χ3n) is 4.94. The van der Waals surface area contributed by atoms with E-state index in [-0.39, 0.29) is 10.8 Å². The molecule has 31 heavy (non-hydrogen) atoms. The van der Waals surface area contributed by atoms with Crippen LogP contribution in [0.5, 0.6) is 0 Å². The summed E-state index contributed by atoms with van der Waals surface area (Å²) in [4.78, 5) is 17.4. The van der Waals surface area contributed by atoms with Gasteiger partial charge in [-0.25, -0.2) is 18.5 Å². The van der Waals surface area contributed by atoms with Crippen LogP contribution in [0.15, 0.2) is 58.6 Å². The third-order valence-corrected chi connectivity index (χ3v) is 6.94. The van der Waals surface area contributed by atoms with Gasteiger partial charge >= 0.3 is 0 Å². The number of imidazole rings is 1. The van der Waals surface area contributed by atoms with Crippen LogP contribution in [0.25, 0.3) is 11.0 Å². The molecule has 0 aliphatic carbocycles. The van der Waals surface area contributed by atoms with Crippen molar-refractivity contribution in [3.05, 3.63) is 48.5 Å². The second kappa shape index (κ2) is 10.3. The molecule has 1 amide bonds. The minimum Gasteiger partial charge on any atom is -0.325 e. The quantitative estimate of drug-likeness (QED) is 0.345. The van der Waals surface area contributed by atoms with Gasteiger partial charge < -0.3 is 9.88 Å². The lowest BCUT2D eigenvalue weighted by Gasteiger charge is -2.14. The molecule has 1 unspecified atom stereocenters. The Kier molecular flexibility index (Phi) is 7.74. The smallest absolute Gasteiger partial charge is 0.238 e. The summed E-state index contributed by atoms with van der Waals surface area (Å²) in [5.41, 5.74) is 2.36. The molecule has 3 aromatic rings. The maximum Gasteiger partial charge on any atom is 0.238 e. The summed E-state index contributed by atoms with van der Waals surface area (Å²) in [5.74, 6) is -0.235. The predicted octanol–water partition coefficient (Wildman–Crippen LogP) is 4.38. The molecular formula is C22H28N4O3S2.